The Balaban J connectivity index is 2.24. The SMILES string of the molecule is COC(=O)C(C)C1=C(C)CC(C)(c2ccc(C(=O)C(C)(C)Br)cc2)CC1. The largest absolute Gasteiger partial charge is 0.469 e. The number of alkyl halides is 1. The third-order valence-corrected chi connectivity index (χ3v) is 5.97. The summed E-state index contributed by atoms with van der Waals surface area (Å²) >= 11 is 3.44. The summed E-state index contributed by atoms with van der Waals surface area (Å²) < 4.78 is 4.35. The molecule has 3 nitrogen and oxygen atoms in total. The summed E-state index contributed by atoms with van der Waals surface area (Å²) in [6, 6.07) is 8.01. The van der Waals surface area contributed by atoms with Gasteiger partial charge in [0, 0.05) is 5.56 Å². The molecule has 0 bridgehead atoms. The fraction of sp³-hybridized carbons (Fsp3) is 0.545. The van der Waals surface area contributed by atoms with Gasteiger partial charge in [-0.15, -0.1) is 0 Å². The van der Waals surface area contributed by atoms with Crippen molar-refractivity contribution in [1.82, 2.24) is 0 Å². The van der Waals surface area contributed by atoms with Gasteiger partial charge in [0.1, 0.15) is 0 Å². The number of hydrogen-bond acceptors (Lipinski definition) is 3. The summed E-state index contributed by atoms with van der Waals surface area (Å²) in [5, 5.41) is 0. The summed E-state index contributed by atoms with van der Waals surface area (Å²) in [7, 11) is 1.44. The van der Waals surface area contributed by atoms with E-state index in [-0.39, 0.29) is 23.1 Å². The minimum atomic E-state index is -0.554. The minimum absolute atomic E-state index is 0.0227. The molecule has 1 aromatic carbocycles. The smallest absolute Gasteiger partial charge is 0.312 e. The molecule has 2 unspecified atom stereocenters. The second kappa shape index (κ2) is 7.67. The molecule has 0 fully saturated rings. The van der Waals surface area contributed by atoms with Gasteiger partial charge in [-0.25, -0.2) is 0 Å². The molecular formula is C22H29BrO3. The van der Waals surface area contributed by atoms with Crippen molar-refractivity contribution in [2.24, 2.45) is 5.92 Å². The number of Topliss-reactive ketones (excluding diaryl/α,β-unsaturated/α-hetero) is 1. The summed E-state index contributed by atoms with van der Waals surface area (Å²) in [4.78, 5) is 24.3. The lowest BCUT2D eigenvalue weighted by Crippen LogP contribution is -2.29. The second-order valence-electron chi connectivity index (χ2n) is 8.17. The highest BCUT2D eigenvalue weighted by Gasteiger charge is 2.34. The number of allylic oxidation sites excluding steroid dienone is 1. The van der Waals surface area contributed by atoms with E-state index in [0.717, 1.165) is 24.8 Å². The number of ketones is 1. The van der Waals surface area contributed by atoms with E-state index in [1.54, 1.807) is 0 Å². The summed E-state index contributed by atoms with van der Waals surface area (Å²) in [5.41, 5.74) is 4.47. The number of ether oxygens (including phenoxy) is 1. The molecule has 1 aromatic rings. The predicted molar refractivity (Wildman–Crippen MR) is 109 cm³/mol. The molecule has 0 amide bonds. The molecule has 4 heteroatoms. The van der Waals surface area contributed by atoms with Crippen LogP contribution in [0.3, 0.4) is 0 Å². The van der Waals surface area contributed by atoms with E-state index < -0.39 is 4.32 Å². The van der Waals surface area contributed by atoms with Gasteiger partial charge in [0.2, 0.25) is 0 Å². The van der Waals surface area contributed by atoms with E-state index in [4.69, 9.17) is 4.74 Å². The average molecular weight is 421 g/mol. The van der Waals surface area contributed by atoms with Gasteiger partial charge in [-0.05, 0) is 57.9 Å². The van der Waals surface area contributed by atoms with E-state index >= 15 is 0 Å². The zero-order valence-corrected chi connectivity index (χ0v) is 18.2. The van der Waals surface area contributed by atoms with E-state index in [2.05, 4.69) is 41.9 Å². The van der Waals surface area contributed by atoms with Crippen LogP contribution >= 0.6 is 15.9 Å². The van der Waals surface area contributed by atoms with Gasteiger partial charge in [0.25, 0.3) is 0 Å². The molecule has 2 rings (SSSR count). The molecule has 0 heterocycles. The minimum Gasteiger partial charge on any atom is -0.469 e. The average Bonchev–Trinajstić information content (AvgIpc) is 2.59. The molecule has 2 atom stereocenters. The predicted octanol–water partition coefficient (Wildman–Crippen LogP) is 5.61. The molecule has 0 saturated carbocycles. The number of esters is 1. The number of carbonyl (C=O) groups excluding carboxylic acids is 2. The fourth-order valence-electron chi connectivity index (χ4n) is 3.93. The Hall–Kier alpha value is -1.42. The topological polar surface area (TPSA) is 43.4 Å². The Morgan fingerprint density at radius 1 is 1.23 bits per heavy atom. The fourth-order valence-corrected chi connectivity index (χ4v) is 4.16. The van der Waals surface area contributed by atoms with Crippen LogP contribution in [-0.2, 0) is 14.9 Å². The van der Waals surface area contributed by atoms with Gasteiger partial charge in [-0.1, -0.05) is 58.3 Å². The number of carbonyl (C=O) groups is 2. The molecule has 142 valence electrons. The van der Waals surface area contributed by atoms with Crippen LogP contribution in [0.25, 0.3) is 0 Å². The molecule has 26 heavy (non-hydrogen) atoms. The second-order valence-corrected chi connectivity index (χ2v) is 10.1. The van der Waals surface area contributed by atoms with Crippen LogP contribution in [0, 0.1) is 5.92 Å². The Kier molecular flexibility index (Phi) is 6.17. The van der Waals surface area contributed by atoms with Crippen molar-refractivity contribution in [2.75, 3.05) is 7.11 Å². The van der Waals surface area contributed by atoms with Crippen molar-refractivity contribution in [3.63, 3.8) is 0 Å². The first-order chi connectivity index (χ1) is 12.0. The lowest BCUT2D eigenvalue weighted by molar-refractivity contribution is -0.143. The Bertz CT molecular complexity index is 725. The quantitative estimate of drug-likeness (QED) is 0.269. The number of halogens is 1. The van der Waals surface area contributed by atoms with Crippen LogP contribution in [0.5, 0.6) is 0 Å². The highest BCUT2D eigenvalue weighted by Crippen LogP contribution is 2.43. The standard InChI is InChI=1S/C22H29BrO3/c1-14-13-22(5,12-11-18(14)15(2)20(25)26-6)17-9-7-16(8-10-17)19(24)21(3,4)23/h7-10,15H,11-13H2,1-6H3. The number of benzene rings is 1. The Labute approximate surface area is 165 Å². The molecule has 1 aliphatic carbocycles. The number of rotatable bonds is 5. The summed E-state index contributed by atoms with van der Waals surface area (Å²) in [6.07, 6.45) is 2.80. The third-order valence-electron chi connectivity index (χ3n) is 5.61. The van der Waals surface area contributed by atoms with E-state index in [1.807, 2.05) is 32.9 Å². The molecule has 0 radical (unpaired) electrons. The third kappa shape index (κ3) is 4.28. The van der Waals surface area contributed by atoms with E-state index in [9.17, 15) is 9.59 Å². The molecule has 0 aromatic heterocycles. The maximum Gasteiger partial charge on any atom is 0.312 e. The van der Waals surface area contributed by atoms with Gasteiger partial charge in [0.05, 0.1) is 17.4 Å². The lowest BCUT2D eigenvalue weighted by atomic mass is 9.67. The first kappa shape index (κ1) is 20.9. The van der Waals surface area contributed by atoms with Crippen molar-refractivity contribution in [3.8, 4) is 0 Å². The molecule has 1 aliphatic rings. The molecule has 0 saturated heterocycles. The molecule has 0 aliphatic heterocycles. The Morgan fingerprint density at radius 3 is 2.27 bits per heavy atom. The summed E-state index contributed by atoms with van der Waals surface area (Å²) in [5.74, 6) is -0.253. The van der Waals surface area contributed by atoms with Gasteiger partial charge < -0.3 is 4.74 Å². The number of hydrogen-bond donors (Lipinski definition) is 0. The first-order valence-electron chi connectivity index (χ1n) is 9.10. The van der Waals surface area contributed by atoms with E-state index in [0.29, 0.717) is 0 Å². The normalized spacial score (nSPS) is 22.1. The van der Waals surface area contributed by atoms with Crippen molar-refractivity contribution >= 4 is 27.7 Å². The lowest BCUT2D eigenvalue weighted by Gasteiger charge is -2.37. The van der Waals surface area contributed by atoms with Crippen LogP contribution in [0.2, 0.25) is 0 Å². The van der Waals surface area contributed by atoms with Crippen LogP contribution < -0.4 is 0 Å². The maximum absolute atomic E-state index is 12.4. The highest BCUT2D eigenvalue weighted by atomic mass is 79.9. The summed E-state index contributed by atoms with van der Waals surface area (Å²) in [6.45, 7) is 10.0. The highest BCUT2D eigenvalue weighted by molar-refractivity contribution is 9.10. The van der Waals surface area contributed by atoms with Crippen LogP contribution in [0.15, 0.2) is 35.4 Å². The molecule has 0 spiro atoms. The van der Waals surface area contributed by atoms with Crippen molar-refractivity contribution in [2.45, 2.75) is 63.6 Å². The van der Waals surface area contributed by atoms with Crippen molar-refractivity contribution < 1.29 is 14.3 Å². The first-order valence-corrected chi connectivity index (χ1v) is 9.89. The zero-order chi connectivity index (χ0) is 19.7. The van der Waals surface area contributed by atoms with Crippen molar-refractivity contribution in [3.05, 3.63) is 46.5 Å². The van der Waals surface area contributed by atoms with E-state index in [1.165, 1.54) is 23.8 Å². The van der Waals surface area contributed by atoms with Crippen molar-refractivity contribution in [1.29, 1.82) is 0 Å². The zero-order valence-electron chi connectivity index (χ0n) is 16.6. The monoisotopic (exact) mass is 420 g/mol. The Morgan fingerprint density at radius 2 is 1.81 bits per heavy atom. The maximum atomic E-state index is 12.4. The molecule has 0 N–H and O–H groups in total. The van der Waals surface area contributed by atoms with Gasteiger partial charge >= 0.3 is 5.97 Å². The van der Waals surface area contributed by atoms with Gasteiger partial charge in [-0.3, -0.25) is 9.59 Å². The van der Waals surface area contributed by atoms with Crippen LogP contribution in [-0.4, -0.2) is 23.2 Å². The number of methoxy groups -OCH3 is 1. The molecular weight excluding hydrogens is 392 g/mol. The van der Waals surface area contributed by atoms with Crippen LogP contribution in [0.1, 0.15) is 69.8 Å². The van der Waals surface area contributed by atoms with Gasteiger partial charge in [-0.2, -0.15) is 0 Å². The van der Waals surface area contributed by atoms with Gasteiger partial charge in [0.15, 0.2) is 5.78 Å². The van der Waals surface area contributed by atoms with Crippen LogP contribution in [0.4, 0.5) is 0 Å².